The van der Waals surface area contributed by atoms with Gasteiger partial charge in [0.05, 0.1) is 16.0 Å². The summed E-state index contributed by atoms with van der Waals surface area (Å²) in [5, 5.41) is 9.32. The molecule has 1 aliphatic rings. The van der Waals surface area contributed by atoms with Gasteiger partial charge >= 0.3 is 0 Å². The Balaban J connectivity index is 2.17. The number of carbonyl (C=O) groups is 1. The molecule has 1 atom stereocenters. The van der Waals surface area contributed by atoms with Gasteiger partial charge in [0.1, 0.15) is 4.34 Å². The largest absolute Gasteiger partial charge is 0.391 e. The normalized spacial score (nSPS) is 21.0. The predicted octanol–water partition coefficient (Wildman–Crippen LogP) is 2.26. The fourth-order valence-corrected chi connectivity index (χ4v) is 3.03. The molecule has 1 fully saturated rings. The first-order chi connectivity index (χ1) is 7.08. The van der Waals surface area contributed by atoms with Crippen molar-refractivity contribution in [2.45, 2.75) is 12.5 Å². The van der Waals surface area contributed by atoms with Gasteiger partial charge < -0.3 is 10.0 Å². The summed E-state index contributed by atoms with van der Waals surface area (Å²) in [4.78, 5) is 13.5. The molecule has 0 aromatic carbocycles. The zero-order chi connectivity index (χ0) is 11.0. The van der Waals surface area contributed by atoms with Crippen LogP contribution in [0.5, 0.6) is 0 Å². The van der Waals surface area contributed by atoms with E-state index in [0.29, 0.717) is 33.7 Å². The highest BCUT2D eigenvalue weighted by atomic mass is 35.5. The van der Waals surface area contributed by atoms with E-state index in [9.17, 15) is 9.90 Å². The lowest BCUT2D eigenvalue weighted by molar-refractivity contribution is 0.0765. The standard InChI is InChI=1S/C9H9Cl2NO2S/c10-7-3-6(8(11)15-7)9(14)12-2-1-5(13)4-12/h3,5,13H,1-2,4H2. The summed E-state index contributed by atoms with van der Waals surface area (Å²) in [6.45, 7) is 0.951. The third-order valence-electron chi connectivity index (χ3n) is 2.34. The summed E-state index contributed by atoms with van der Waals surface area (Å²) in [6, 6.07) is 1.57. The Morgan fingerprint density at radius 1 is 1.60 bits per heavy atom. The van der Waals surface area contributed by atoms with Crippen LogP contribution >= 0.6 is 34.5 Å². The van der Waals surface area contributed by atoms with Crippen molar-refractivity contribution in [2.75, 3.05) is 13.1 Å². The minimum absolute atomic E-state index is 0.153. The number of carbonyl (C=O) groups excluding carboxylic acids is 1. The van der Waals surface area contributed by atoms with Crippen molar-refractivity contribution in [1.82, 2.24) is 4.90 Å². The van der Waals surface area contributed by atoms with Crippen LogP contribution in [0.2, 0.25) is 8.67 Å². The second kappa shape index (κ2) is 4.29. The van der Waals surface area contributed by atoms with Gasteiger partial charge in [-0.05, 0) is 12.5 Å². The number of halogens is 2. The lowest BCUT2D eigenvalue weighted by Gasteiger charge is -2.14. The fraction of sp³-hybridized carbons (Fsp3) is 0.444. The smallest absolute Gasteiger partial charge is 0.256 e. The molecule has 1 unspecified atom stereocenters. The van der Waals surface area contributed by atoms with E-state index in [4.69, 9.17) is 23.2 Å². The van der Waals surface area contributed by atoms with Crippen LogP contribution in [-0.4, -0.2) is 35.1 Å². The van der Waals surface area contributed by atoms with Gasteiger partial charge in [0.2, 0.25) is 0 Å². The molecular formula is C9H9Cl2NO2S. The van der Waals surface area contributed by atoms with Crippen LogP contribution in [0.3, 0.4) is 0 Å². The maximum absolute atomic E-state index is 11.9. The van der Waals surface area contributed by atoms with E-state index in [1.165, 1.54) is 11.3 Å². The highest BCUT2D eigenvalue weighted by Crippen LogP contribution is 2.32. The molecule has 1 aromatic heterocycles. The fourth-order valence-electron chi connectivity index (χ4n) is 1.58. The molecular weight excluding hydrogens is 257 g/mol. The quantitative estimate of drug-likeness (QED) is 0.847. The van der Waals surface area contributed by atoms with E-state index in [-0.39, 0.29) is 5.91 Å². The maximum Gasteiger partial charge on any atom is 0.256 e. The van der Waals surface area contributed by atoms with Crippen molar-refractivity contribution < 1.29 is 9.90 Å². The lowest BCUT2D eigenvalue weighted by atomic mass is 10.3. The molecule has 0 saturated carbocycles. The Hall–Kier alpha value is -0.290. The predicted molar refractivity (Wildman–Crippen MR) is 60.9 cm³/mol. The Kier molecular flexibility index (Phi) is 3.21. The number of hydrogen-bond donors (Lipinski definition) is 1. The number of likely N-dealkylation sites (tertiary alicyclic amines) is 1. The molecule has 15 heavy (non-hydrogen) atoms. The van der Waals surface area contributed by atoms with E-state index < -0.39 is 6.10 Å². The van der Waals surface area contributed by atoms with Gasteiger partial charge in [0.15, 0.2) is 0 Å². The lowest BCUT2D eigenvalue weighted by Crippen LogP contribution is -2.29. The third-order valence-corrected chi connectivity index (χ3v) is 3.83. The average molecular weight is 266 g/mol. The second-order valence-electron chi connectivity index (χ2n) is 3.43. The number of hydrogen-bond acceptors (Lipinski definition) is 3. The van der Waals surface area contributed by atoms with Crippen LogP contribution < -0.4 is 0 Å². The van der Waals surface area contributed by atoms with Crippen LogP contribution in [0.15, 0.2) is 6.07 Å². The summed E-state index contributed by atoms with van der Waals surface area (Å²) < 4.78 is 0.912. The molecule has 2 rings (SSSR count). The highest BCUT2D eigenvalue weighted by molar-refractivity contribution is 7.20. The molecule has 0 spiro atoms. The minimum atomic E-state index is -0.415. The van der Waals surface area contributed by atoms with Gasteiger partial charge in [-0.3, -0.25) is 4.79 Å². The van der Waals surface area contributed by atoms with Gasteiger partial charge in [-0.2, -0.15) is 0 Å². The summed E-state index contributed by atoms with van der Waals surface area (Å²) in [5.74, 6) is -0.153. The number of thiophene rings is 1. The number of nitrogens with zero attached hydrogens (tertiary/aromatic N) is 1. The maximum atomic E-state index is 11.9. The topological polar surface area (TPSA) is 40.5 Å². The Morgan fingerprint density at radius 2 is 2.33 bits per heavy atom. The summed E-state index contributed by atoms with van der Waals surface area (Å²) in [5.41, 5.74) is 0.431. The molecule has 0 radical (unpaired) electrons. The number of β-amino-alcohol motifs (C(OH)–C–C–N with tert-alkyl or cyclic N) is 1. The highest BCUT2D eigenvalue weighted by Gasteiger charge is 2.27. The van der Waals surface area contributed by atoms with Crippen LogP contribution in [0, 0.1) is 0 Å². The van der Waals surface area contributed by atoms with Crippen LogP contribution in [0.1, 0.15) is 16.8 Å². The number of amides is 1. The second-order valence-corrected chi connectivity index (χ2v) is 5.72. The zero-order valence-corrected chi connectivity index (χ0v) is 10.1. The molecule has 0 bridgehead atoms. The number of aliphatic hydroxyl groups is 1. The molecule has 1 N–H and O–H groups in total. The van der Waals surface area contributed by atoms with Gasteiger partial charge in [-0.25, -0.2) is 0 Å². The van der Waals surface area contributed by atoms with Crippen LogP contribution in [0.25, 0.3) is 0 Å². The molecule has 1 saturated heterocycles. The first kappa shape index (κ1) is 11.2. The Morgan fingerprint density at radius 3 is 2.80 bits per heavy atom. The van der Waals surface area contributed by atoms with Gasteiger partial charge in [0.25, 0.3) is 5.91 Å². The molecule has 1 amide bonds. The van der Waals surface area contributed by atoms with E-state index in [2.05, 4.69) is 0 Å². The Labute approximate surface area is 101 Å². The first-order valence-electron chi connectivity index (χ1n) is 4.50. The Bertz CT molecular complexity index is 393. The number of aliphatic hydroxyl groups excluding tert-OH is 1. The molecule has 0 aliphatic carbocycles. The van der Waals surface area contributed by atoms with E-state index >= 15 is 0 Å². The average Bonchev–Trinajstić information content (AvgIpc) is 2.71. The van der Waals surface area contributed by atoms with E-state index in [1.807, 2.05) is 0 Å². The summed E-state index contributed by atoms with van der Waals surface area (Å²) in [7, 11) is 0. The third kappa shape index (κ3) is 2.28. The summed E-state index contributed by atoms with van der Waals surface area (Å²) >= 11 is 12.8. The van der Waals surface area contributed by atoms with E-state index in [1.54, 1.807) is 11.0 Å². The SMILES string of the molecule is O=C(c1cc(Cl)sc1Cl)N1CCC(O)C1. The minimum Gasteiger partial charge on any atom is -0.391 e. The van der Waals surface area contributed by atoms with Crippen molar-refractivity contribution in [3.05, 3.63) is 20.3 Å². The van der Waals surface area contributed by atoms with Gasteiger partial charge in [0, 0.05) is 13.1 Å². The molecule has 1 aliphatic heterocycles. The van der Waals surface area contributed by atoms with Gasteiger partial charge in [-0.15, -0.1) is 11.3 Å². The monoisotopic (exact) mass is 265 g/mol. The molecule has 1 aromatic rings. The zero-order valence-electron chi connectivity index (χ0n) is 7.74. The van der Waals surface area contributed by atoms with Gasteiger partial charge in [-0.1, -0.05) is 23.2 Å². The van der Waals surface area contributed by atoms with E-state index in [0.717, 1.165) is 0 Å². The molecule has 82 valence electrons. The number of rotatable bonds is 1. The first-order valence-corrected chi connectivity index (χ1v) is 6.07. The van der Waals surface area contributed by atoms with Crippen molar-refractivity contribution in [2.24, 2.45) is 0 Å². The van der Waals surface area contributed by atoms with Crippen molar-refractivity contribution in [3.8, 4) is 0 Å². The summed E-state index contributed by atoms with van der Waals surface area (Å²) in [6.07, 6.45) is 0.211. The van der Waals surface area contributed by atoms with Crippen LogP contribution in [0.4, 0.5) is 0 Å². The van der Waals surface area contributed by atoms with Crippen molar-refractivity contribution in [1.29, 1.82) is 0 Å². The van der Waals surface area contributed by atoms with Crippen molar-refractivity contribution >= 4 is 40.4 Å². The molecule has 2 heterocycles. The van der Waals surface area contributed by atoms with Crippen LogP contribution in [-0.2, 0) is 0 Å². The molecule has 6 heteroatoms. The van der Waals surface area contributed by atoms with Crippen molar-refractivity contribution in [3.63, 3.8) is 0 Å². The molecule has 3 nitrogen and oxygen atoms in total.